The van der Waals surface area contributed by atoms with Crippen LogP contribution in [0.25, 0.3) is 11.1 Å². The van der Waals surface area contributed by atoms with E-state index in [9.17, 15) is 9.90 Å². The summed E-state index contributed by atoms with van der Waals surface area (Å²) < 4.78 is 0. The molecule has 0 unspecified atom stereocenters. The lowest BCUT2D eigenvalue weighted by Gasteiger charge is -2.10. The second-order valence-corrected chi connectivity index (χ2v) is 4.36. The van der Waals surface area contributed by atoms with Gasteiger partial charge in [-0.25, -0.2) is 9.78 Å². The molecule has 1 aromatic carbocycles. The first-order valence-electron chi connectivity index (χ1n) is 5.24. The number of aromatic carboxylic acids is 1. The largest absolute Gasteiger partial charge is 0.478 e. The molecular formula is C13H11ClN2O2. The summed E-state index contributed by atoms with van der Waals surface area (Å²) in [4.78, 5) is 15.2. The van der Waals surface area contributed by atoms with Crippen LogP contribution in [-0.4, -0.2) is 16.1 Å². The number of anilines is 1. The van der Waals surface area contributed by atoms with Crippen LogP contribution < -0.4 is 5.73 Å². The van der Waals surface area contributed by atoms with Gasteiger partial charge in [-0.15, -0.1) is 0 Å². The molecule has 0 saturated heterocycles. The first kappa shape index (κ1) is 12.4. The maximum absolute atomic E-state index is 11.2. The fraction of sp³-hybridized carbons (Fsp3) is 0.0769. The maximum Gasteiger partial charge on any atom is 0.336 e. The average Bonchev–Trinajstić information content (AvgIpc) is 2.32. The van der Waals surface area contributed by atoms with E-state index in [2.05, 4.69) is 4.98 Å². The van der Waals surface area contributed by atoms with Crippen molar-refractivity contribution < 1.29 is 9.90 Å². The van der Waals surface area contributed by atoms with Crippen molar-refractivity contribution in [2.45, 2.75) is 6.92 Å². The van der Waals surface area contributed by atoms with Gasteiger partial charge in [0, 0.05) is 16.8 Å². The monoisotopic (exact) mass is 262 g/mol. The number of aryl methyl sites for hydroxylation is 1. The lowest BCUT2D eigenvalue weighted by atomic mass is 9.98. The van der Waals surface area contributed by atoms with Crippen LogP contribution in [0.5, 0.6) is 0 Å². The number of nitrogens with zero attached hydrogens (tertiary/aromatic N) is 1. The number of nitrogen functional groups attached to an aromatic ring is 1. The van der Waals surface area contributed by atoms with Gasteiger partial charge in [0.2, 0.25) is 0 Å². The molecule has 0 aliphatic rings. The van der Waals surface area contributed by atoms with Gasteiger partial charge in [-0.2, -0.15) is 0 Å². The number of carbonyl (C=O) groups is 1. The fourth-order valence-electron chi connectivity index (χ4n) is 1.75. The molecule has 1 aromatic heterocycles. The van der Waals surface area contributed by atoms with Gasteiger partial charge >= 0.3 is 5.97 Å². The number of hydrogen-bond acceptors (Lipinski definition) is 3. The highest BCUT2D eigenvalue weighted by atomic mass is 35.5. The average molecular weight is 263 g/mol. The molecule has 0 spiro atoms. The van der Waals surface area contributed by atoms with Gasteiger partial charge in [0.15, 0.2) is 0 Å². The van der Waals surface area contributed by atoms with Gasteiger partial charge in [-0.05, 0) is 36.2 Å². The topological polar surface area (TPSA) is 76.2 Å². The van der Waals surface area contributed by atoms with Crippen LogP contribution in [0.15, 0.2) is 30.5 Å². The normalized spacial score (nSPS) is 10.3. The summed E-state index contributed by atoms with van der Waals surface area (Å²) in [7, 11) is 0. The molecule has 0 atom stereocenters. The molecule has 3 N–H and O–H groups in total. The number of aromatic nitrogens is 1. The van der Waals surface area contributed by atoms with Gasteiger partial charge < -0.3 is 10.8 Å². The minimum atomic E-state index is -1.04. The Morgan fingerprint density at radius 3 is 2.72 bits per heavy atom. The van der Waals surface area contributed by atoms with Crippen molar-refractivity contribution in [1.82, 2.24) is 4.98 Å². The summed E-state index contributed by atoms with van der Waals surface area (Å²) in [6.07, 6.45) is 1.46. The molecule has 1 heterocycles. The number of hydrogen-bond donors (Lipinski definition) is 2. The molecule has 18 heavy (non-hydrogen) atoms. The number of benzene rings is 1. The van der Waals surface area contributed by atoms with Gasteiger partial charge in [-0.3, -0.25) is 0 Å². The second kappa shape index (κ2) is 4.66. The number of nitrogens with two attached hydrogens (primary N) is 1. The lowest BCUT2D eigenvalue weighted by molar-refractivity contribution is 0.0697. The van der Waals surface area contributed by atoms with Gasteiger partial charge in [0.25, 0.3) is 0 Å². The Morgan fingerprint density at radius 2 is 2.06 bits per heavy atom. The van der Waals surface area contributed by atoms with Crippen LogP contribution in [0.1, 0.15) is 15.9 Å². The summed E-state index contributed by atoms with van der Waals surface area (Å²) in [6.45, 7) is 1.88. The van der Waals surface area contributed by atoms with Crippen LogP contribution in [0.3, 0.4) is 0 Å². The first-order valence-corrected chi connectivity index (χ1v) is 5.62. The Morgan fingerprint density at radius 1 is 1.33 bits per heavy atom. The van der Waals surface area contributed by atoms with Crippen molar-refractivity contribution >= 4 is 23.4 Å². The molecular weight excluding hydrogens is 252 g/mol. The summed E-state index contributed by atoms with van der Waals surface area (Å²) >= 11 is 5.94. The molecule has 2 rings (SSSR count). The highest BCUT2D eigenvalue weighted by Crippen LogP contribution is 2.29. The predicted molar refractivity (Wildman–Crippen MR) is 70.8 cm³/mol. The van der Waals surface area contributed by atoms with E-state index in [1.807, 2.05) is 13.0 Å². The van der Waals surface area contributed by atoms with E-state index in [1.54, 1.807) is 12.1 Å². The second-order valence-electron chi connectivity index (χ2n) is 3.92. The maximum atomic E-state index is 11.2. The molecule has 0 radical (unpaired) electrons. The van der Waals surface area contributed by atoms with Crippen molar-refractivity contribution in [3.8, 4) is 11.1 Å². The number of pyridine rings is 1. The van der Waals surface area contributed by atoms with Crippen LogP contribution in [0.4, 0.5) is 5.82 Å². The molecule has 4 nitrogen and oxygen atoms in total. The van der Waals surface area contributed by atoms with Gasteiger partial charge in [0.1, 0.15) is 5.82 Å². The van der Waals surface area contributed by atoms with Crippen LogP contribution in [-0.2, 0) is 0 Å². The Kier molecular flexibility index (Phi) is 3.21. The molecule has 0 saturated carbocycles. The summed E-state index contributed by atoms with van der Waals surface area (Å²) in [5, 5.41) is 9.74. The molecule has 2 aromatic rings. The van der Waals surface area contributed by atoms with Crippen LogP contribution in [0, 0.1) is 6.92 Å². The first-order chi connectivity index (χ1) is 8.49. The highest BCUT2D eigenvalue weighted by molar-refractivity contribution is 6.31. The molecule has 0 aliphatic carbocycles. The Bertz CT molecular complexity index is 626. The molecule has 5 heteroatoms. The third kappa shape index (κ3) is 2.28. The number of carboxylic acid groups (broad SMARTS) is 1. The van der Waals surface area contributed by atoms with E-state index < -0.39 is 5.97 Å². The minimum Gasteiger partial charge on any atom is -0.478 e. The van der Waals surface area contributed by atoms with E-state index in [-0.39, 0.29) is 11.4 Å². The van der Waals surface area contributed by atoms with Crippen molar-refractivity contribution in [3.05, 3.63) is 46.6 Å². The third-order valence-electron chi connectivity index (χ3n) is 2.65. The van der Waals surface area contributed by atoms with Crippen molar-refractivity contribution in [2.24, 2.45) is 0 Å². The molecule has 0 fully saturated rings. The highest BCUT2D eigenvalue weighted by Gasteiger charge is 2.14. The third-order valence-corrected chi connectivity index (χ3v) is 2.88. The summed E-state index contributed by atoms with van der Waals surface area (Å²) in [5.41, 5.74) is 7.81. The van der Waals surface area contributed by atoms with Crippen LogP contribution in [0.2, 0.25) is 5.02 Å². The van der Waals surface area contributed by atoms with Crippen LogP contribution >= 0.6 is 11.6 Å². The lowest BCUT2D eigenvalue weighted by Crippen LogP contribution is -2.03. The van der Waals surface area contributed by atoms with E-state index >= 15 is 0 Å². The quantitative estimate of drug-likeness (QED) is 0.872. The van der Waals surface area contributed by atoms with Crippen molar-refractivity contribution in [2.75, 3.05) is 5.73 Å². The standard InChI is InChI=1S/C13H11ClN2O2/c1-7-2-3-8(14)4-9(7)11-6-16-12(15)5-10(11)13(17)18/h2-6H,1H3,(H2,15,16)(H,17,18). The Hall–Kier alpha value is -2.07. The SMILES string of the molecule is Cc1ccc(Cl)cc1-c1cnc(N)cc1C(=O)O. The summed E-state index contributed by atoms with van der Waals surface area (Å²) in [5.74, 6) is -0.866. The predicted octanol–water partition coefficient (Wildman–Crippen LogP) is 2.99. The number of carboxylic acids is 1. The van der Waals surface area contributed by atoms with Gasteiger partial charge in [0.05, 0.1) is 5.56 Å². The van der Waals surface area contributed by atoms with E-state index in [1.165, 1.54) is 12.3 Å². The van der Waals surface area contributed by atoms with E-state index in [0.29, 0.717) is 10.6 Å². The summed E-state index contributed by atoms with van der Waals surface area (Å²) in [6, 6.07) is 6.65. The Balaban J connectivity index is 2.70. The molecule has 92 valence electrons. The zero-order valence-corrected chi connectivity index (χ0v) is 10.4. The zero-order valence-electron chi connectivity index (χ0n) is 9.64. The van der Waals surface area contributed by atoms with Gasteiger partial charge in [-0.1, -0.05) is 17.7 Å². The molecule has 0 aliphatic heterocycles. The number of halogens is 1. The van der Waals surface area contributed by atoms with E-state index in [4.69, 9.17) is 17.3 Å². The molecule has 0 bridgehead atoms. The smallest absolute Gasteiger partial charge is 0.336 e. The van der Waals surface area contributed by atoms with E-state index in [0.717, 1.165) is 11.1 Å². The Labute approximate surface area is 109 Å². The zero-order chi connectivity index (χ0) is 13.3. The fourth-order valence-corrected chi connectivity index (χ4v) is 1.92. The molecule has 0 amide bonds. The minimum absolute atomic E-state index is 0.118. The van der Waals surface area contributed by atoms with Crippen molar-refractivity contribution in [3.63, 3.8) is 0 Å². The van der Waals surface area contributed by atoms with Crippen molar-refractivity contribution in [1.29, 1.82) is 0 Å². The number of rotatable bonds is 2.